The normalized spacial score (nSPS) is 33.0. The third-order valence-corrected chi connectivity index (χ3v) is 11.1. The Hall–Kier alpha value is -1.41. The molecule has 1 aromatic carbocycles. The van der Waals surface area contributed by atoms with Crippen molar-refractivity contribution in [1.82, 2.24) is 9.62 Å². The van der Waals surface area contributed by atoms with Crippen LogP contribution in [0.25, 0.3) is 0 Å². The van der Waals surface area contributed by atoms with Crippen LogP contribution < -0.4 is 14.8 Å². The van der Waals surface area contributed by atoms with Crippen molar-refractivity contribution in [3.63, 3.8) is 0 Å². The number of ether oxygens (including phenoxy) is 2. The van der Waals surface area contributed by atoms with Crippen LogP contribution in [0.5, 0.6) is 11.5 Å². The number of piperazine rings is 1. The summed E-state index contributed by atoms with van der Waals surface area (Å²) in [6.45, 7) is 0. The zero-order valence-electron chi connectivity index (χ0n) is 15.8. The Labute approximate surface area is 170 Å². The van der Waals surface area contributed by atoms with Gasteiger partial charge in [0.05, 0.1) is 49.3 Å². The number of nitrogens with zero attached hydrogens (tertiary/aromatic N) is 1. The number of nitrogens with one attached hydrogen (secondary N) is 1. The van der Waals surface area contributed by atoms with Gasteiger partial charge in [-0.15, -0.1) is 0 Å². The van der Waals surface area contributed by atoms with Crippen LogP contribution in [0, 0.1) is 0 Å². The molecule has 0 saturated carbocycles. The zero-order valence-corrected chi connectivity index (χ0v) is 18.3. The van der Waals surface area contributed by atoms with Gasteiger partial charge >= 0.3 is 0 Å². The summed E-state index contributed by atoms with van der Waals surface area (Å²) < 4.78 is 87.9. The van der Waals surface area contributed by atoms with Gasteiger partial charge in [-0.3, -0.25) is 0 Å². The zero-order chi connectivity index (χ0) is 21.2. The number of fused-ring (bicyclic) bond motifs is 2. The van der Waals surface area contributed by atoms with Crippen LogP contribution in [0.1, 0.15) is 0 Å². The van der Waals surface area contributed by atoms with E-state index in [0.717, 1.165) is 4.31 Å². The Morgan fingerprint density at radius 3 is 1.97 bits per heavy atom. The minimum absolute atomic E-state index is 0.0686. The number of hydrogen-bond donors (Lipinski definition) is 1. The maximum atomic E-state index is 13.7. The van der Waals surface area contributed by atoms with E-state index in [1.807, 2.05) is 0 Å². The standard InChI is InChI=1S/C16H22N2O8S3/c1-25-10-3-4-15(26-2)16(5-10)29(23,24)18-13-8-27(19,20)6-11(13)17-12-7-28(21,22)9-14(12)18/h3-5,11-14,17H,6-9H2,1-2H3/t11-,12-,13+,14+/m0/s1. The second kappa shape index (κ2) is 6.80. The average molecular weight is 467 g/mol. The molecule has 3 aliphatic heterocycles. The highest BCUT2D eigenvalue weighted by atomic mass is 32.2. The Bertz CT molecular complexity index is 1100. The fourth-order valence-corrected chi connectivity index (χ4v) is 10.5. The summed E-state index contributed by atoms with van der Waals surface area (Å²) in [6, 6.07) is 1.17. The Morgan fingerprint density at radius 1 is 0.931 bits per heavy atom. The molecule has 13 heteroatoms. The van der Waals surface area contributed by atoms with Gasteiger partial charge in [0, 0.05) is 18.2 Å². The maximum Gasteiger partial charge on any atom is 0.247 e. The van der Waals surface area contributed by atoms with Crippen molar-refractivity contribution >= 4 is 29.7 Å². The molecule has 0 radical (unpaired) electrons. The van der Waals surface area contributed by atoms with E-state index in [2.05, 4.69) is 5.32 Å². The summed E-state index contributed by atoms with van der Waals surface area (Å²) in [4.78, 5) is -0.188. The van der Waals surface area contributed by atoms with E-state index in [-0.39, 0.29) is 39.4 Å². The number of rotatable bonds is 4. The molecular formula is C16H22N2O8S3. The van der Waals surface area contributed by atoms with E-state index in [1.165, 1.54) is 26.4 Å². The van der Waals surface area contributed by atoms with Crippen LogP contribution in [-0.4, -0.2) is 91.0 Å². The molecule has 4 atom stereocenters. The number of benzene rings is 1. The van der Waals surface area contributed by atoms with Crippen LogP contribution in [-0.2, 0) is 29.7 Å². The van der Waals surface area contributed by atoms with Gasteiger partial charge in [-0.05, 0) is 12.1 Å². The van der Waals surface area contributed by atoms with Gasteiger partial charge in [0.2, 0.25) is 10.0 Å². The molecule has 0 amide bonds. The molecule has 3 heterocycles. The Morgan fingerprint density at radius 2 is 1.48 bits per heavy atom. The van der Waals surface area contributed by atoms with Gasteiger partial charge in [0.1, 0.15) is 16.4 Å². The molecule has 3 saturated heterocycles. The van der Waals surface area contributed by atoms with E-state index in [1.54, 1.807) is 6.07 Å². The summed E-state index contributed by atoms with van der Waals surface area (Å²) in [5.74, 6) is -0.839. The van der Waals surface area contributed by atoms with E-state index in [9.17, 15) is 25.3 Å². The van der Waals surface area contributed by atoms with E-state index >= 15 is 0 Å². The molecule has 3 fully saturated rings. The van der Waals surface area contributed by atoms with Gasteiger partial charge in [0.15, 0.2) is 19.7 Å². The molecule has 0 unspecified atom stereocenters. The highest BCUT2D eigenvalue weighted by molar-refractivity contribution is 7.92. The van der Waals surface area contributed by atoms with E-state index in [0.29, 0.717) is 0 Å². The third-order valence-electron chi connectivity index (χ3n) is 5.65. The lowest BCUT2D eigenvalue weighted by molar-refractivity contribution is 0.160. The number of methoxy groups -OCH3 is 2. The average Bonchev–Trinajstić information content (AvgIpc) is 3.10. The number of sulfonamides is 1. The van der Waals surface area contributed by atoms with Crippen LogP contribution in [0.4, 0.5) is 0 Å². The van der Waals surface area contributed by atoms with Crippen LogP contribution in [0.3, 0.4) is 0 Å². The quantitative estimate of drug-likeness (QED) is 0.570. The van der Waals surface area contributed by atoms with Crippen molar-refractivity contribution in [3.8, 4) is 11.5 Å². The van der Waals surface area contributed by atoms with Crippen LogP contribution in [0.2, 0.25) is 0 Å². The summed E-state index contributed by atoms with van der Waals surface area (Å²) in [5, 5.41) is 3.07. The van der Waals surface area contributed by atoms with Gasteiger partial charge in [-0.2, -0.15) is 4.31 Å². The lowest BCUT2D eigenvalue weighted by atomic mass is 10.0. The number of hydrogen-bond acceptors (Lipinski definition) is 9. The molecule has 10 nitrogen and oxygen atoms in total. The van der Waals surface area contributed by atoms with Gasteiger partial charge in [-0.1, -0.05) is 0 Å². The molecule has 0 aromatic heterocycles. The van der Waals surface area contributed by atoms with Crippen molar-refractivity contribution in [2.45, 2.75) is 29.1 Å². The highest BCUT2D eigenvalue weighted by Gasteiger charge is 2.57. The highest BCUT2D eigenvalue weighted by Crippen LogP contribution is 2.39. The predicted molar refractivity (Wildman–Crippen MR) is 104 cm³/mol. The second-order valence-electron chi connectivity index (χ2n) is 7.52. The summed E-state index contributed by atoms with van der Waals surface area (Å²) in [5.41, 5.74) is 0. The van der Waals surface area contributed by atoms with Crippen molar-refractivity contribution in [3.05, 3.63) is 18.2 Å². The lowest BCUT2D eigenvalue weighted by Gasteiger charge is -2.43. The van der Waals surface area contributed by atoms with E-state index in [4.69, 9.17) is 9.47 Å². The first kappa shape index (κ1) is 20.8. The monoisotopic (exact) mass is 466 g/mol. The van der Waals surface area contributed by atoms with Gasteiger partial charge in [0.25, 0.3) is 0 Å². The molecule has 0 aliphatic carbocycles. The summed E-state index contributed by atoms with van der Waals surface area (Å²) in [7, 11) is -8.50. The van der Waals surface area contributed by atoms with Crippen molar-refractivity contribution in [2.24, 2.45) is 0 Å². The summed E-state index contributed by atoms with van der Waals surface area (Å²) in [6.07, 6.45) is 0. The molecule has 1 N–H and O–H groups in total. The Balaban J connectivity index is 1.87. The molecule has 1 aromatic rings. The fraction of sp³-hybridized carbons (Fsp3) is 0.625. The van der Waals surface area contributed by atoms with Crippen LogP contribution in [0.15, 0.2) is 23.1 Å². The lowest BCUT2D eigenvalue weighted by Crippen LogP contribution is -2.67. The molecule has 162 valence electrons. The van der Waals surface area contributed by atoms with E-state index < -0.39 is 53.9 Å². The minimum Gasteiger partial charge on any atom is -0.497 e. The molecule has 3 aliphatic rings. The van der Waals surface area contributed by atoms with Crippen molar-refractivity contribution < 1.29 is 34.7 Å². The number of sulfone groups is 2. The van der Waals surface area contributed by atoms with Crippen molar-refractivity contribution in [1.29, 1.82) is 0 Å². The predicted octanol–water partition coefficient (Wildman–Crippen LogP) is -1.37. The summed E-state index contributed by atoms with van der Waals surface area (Å²) >= 11 is 0. The minimum atomic E-state index is -4.29. The smallest absolute Gasteiger partial charge is 0.247 e. The largest absolute Gasteiger partial charge is 0.497 e. The molecule has 4 rings (SSSR count). The Kier molecular flexibility index (Phi) is 4.89. The first-order valence-electron chi connectivity index (χ1n) is 8.90. The third kappa shape index (κ3) is 3.52. The SMILES string of the molecule is COc1ccc(OC)c(S(=O)(=O)N2[C@@H]3CS(=O)(=O)C[C@@H]3N[C@H]3CS(=O)(=O)C[C@H]32)c1. The van der Waals surface area contributed by atoms with Crippen molar-refractivity contribution in [2.75, 3.05) is 37.2 Å². The molecular weight excluding hydrogens is 444 g/mol. The molecule has 0 bridgehead atoms. The van der Waals surface area contributed by atoms with Gasteiger partial charge in [-0.25, -0.2) is 25.3 Å². The fourth-order valence-electron chi connectivity index (χ4n) is 4.45. The first-order chi connectivity index (χ1) is 13.5. The van der Waals surface area contributed by atoms with Gasteiger partial charge < -0.3 is 14.8 Å². The first-order valence-corrected chi connectivity index (χ1v) is 14.0. The molecule has 29 heavy (non-hydrogen) atoms. The maximum absolute atomic E-state index is 13.7. The second-order valence-corrected chi connectivity index (χ2v) is 13.6. The van der Waals surface area contributed by atoms with Crippen LogP contribution >= 0.6 is 0 Å². The molecule has 0 spiro atoms. The topological polar surface area (TPSA) is 136 Å².